The molecular formula is C12H16BO4. The average Bonchev–Trinajstić information content (AvgIpc) is 2.78. The molecule has 0 aliphatic carbocycles. The van der Waals surface area contributed by atoms with Crippen LogP contribution in [-0.2, 0) is 0 Å². The molecule has 0 atom stereocenters. The van der Waals surface area contributed by atoms with Gasteiger partial charge in [0.15, 0.2) is 0 Å². The topological polar surface area (TPSA) is 62.8 Å². The van der Waals surface area contributed by atoms with Crippen molar-refractivity contribution in [1.82, 2.24) is 0 Å². The van der Waals surface area contributed by atoms with E-state index in [4.69, 9.17) is 19.2 Å². The van der Waals surface area contributed by atoms with E-state index in [1.54, 1.807) is 6.26 Å². The Kier molecular flexibility index (Phi) is 6.21. The van der Waals surface area contributed by atoms with Gasteiger partial charge in [0.1, 0.15) is 11.3 Å². The summed E-state index contributed by atoms with van der Waals surface area (Å²) < 4.78 is 10.8. The number of ether oxygens (including phenoxy) is 1. The van der Waals surface area contributed by atoms with Crippen molar-refractivity contribution >= 4 is 18.7 Å². The van der Waals surface area contributed by atoms with E-state index in [1.165, 1.54) is 0 Å². The zero-order valence-corrected chi connectivity index (χ0v) is 9.80. The fourth-order valence-electron chi connectivity index (χ4n) is 1.36. The highest BCUT2D eigenvalue weighted by Gasteiger charge is 1.98. The Labute approximate surface area is 101 Å². The van der Waals surface area contributed by atoms with Crippen molar-refractivity contribution in [3.63, 3.8) is 0 Å². The van der Waals surface area contributed by atoms with Gasteiger partial charge >= 0.3 is 7.69 Å². The zero-order chi connectivity index (χ0) is 12.5. The minimum atomic E-state index is 0. The molecule has 0 bridgehead atoms. The van der Waals surface area contributed by atoms with Crippen LogP contribution in [0.25, 0.3) is 11.0 Å². The second-order valence-corrected chi connectivity index (χ2v) is 3.44. The second kappa shape index (κ2) is 7.76. The summed E-state index contributed by atoms with van der Waals surface area (Å²) >= 11 is 0. The molecule has 5 heteroatoms. The maximum absolute atomic E-state index is 7.00. The third kappa shape index (κ3) is 4.50. The third-order valence-electron chi connectivity index (χ3n) is 2.19. The van der Waals surface area contributed by atoms with Crippen molar-refractivity contribution in [2.45, 2.75) is 19.8 Å². The summed E-state index contributed by atoms with van der Waals surface area (Å²) in [5, 5.41) is 15.1. The van der Waals surface area contributed by atoms with E-state index in [-0.39, 0.29) is 7.69 Å². The first-order chi connectivity index (χ1) is 8.31. The van der Waals surface area contributed by atoms with Gasteiger partial charge in [-0.15, -0.1) is 0 Å². The predicted octanol–water partition coefficient (Wildman–Crippen LogP) is 2.12. The average molecular weight is 235 g/mol. The third-order valence-corrected chi connectivity index (χ3v) is 2.19. The highest BCUT2D eigenvalue weighted by molar-refractivity contribution is 6.13. The molecule has 0 amide bonds. The molecule has 91 valence electrons. The summed E-state index contributed by atoms with van der Waals surface area (Å²) in [5.74, 6) is 0.890. The molecule has 0 fully saturated rings. The smallest absolute Gasteiger partial charge is 0.482 e. The zero-order valence-electron chi connectivity index (χ0n) is 9.80. The van der Waals surface area contributed by atoms with Gasteiger partial charge in [0.05, 0.1) is 12.9 Å². The summed E-state index contributed by atoms with van der Waals surface area (Å²) in [6.45, 7) is 2.93. The molecule has 1 aromatic carbocycles. The first kappa shape index (κ1) is 13.6. The second-order valence-electron chi connectivity index (χ2n) is 3.44. The van der Waals surface area contributed by atoms with Crippen LogP contribution in [0.3, 0.4) is 0 Å². The van der Waals surface area contributed by atoms with E-state index in [1.807, 2.05) is 24.3 Å². The van der Waals surface area contributed by atoms with E-state index >= 15 is 0 Å². The normalized spacial score (nSPS) is 9.59. The molecule has 0 saturated heterocycles. The van der Waals surface area contributed by atoms with E-state index in [0.717, 1.165) is 36.2 Å². The van der Waals surface area contributed by atoms with E-state index < -0.39 is 0 Å². The predicted molar refractivity (Wildman–Crippen MR) is 66.8 cm³/mol. The lowest BCUT2D eigenvalue weighted by atomic mass is 10.2. The molecule has 0 spiro atoms. The Morgan fingerprint density at radius 3 is 2.76 bits per heavy atom. The summed E-state index contributed by atoms with van der Waals surface area (Å²) in [6.07, 6.45) is 3.94. The van der Waals surface area contributed by atoms with Crippen LogP contribution in [0.2, 0.25) is 0 Å². The summed E-state index contributed by atoms with van der Waals surface area (Å²) in [7, 11) is 0. The van der Waals surface area contributed by atoms with Gasteiger partial charge in [-0.05, 0) is 24.6 Å². The molecule has 1 heterocycles. The minimum absolute atomic E-state index is 0. The fraction of sp³-hybridized carbons (Fsp3) is 0.333. The number of hydrogen-bond acceptors (Lipinski definition) is 4. The number of unbranched alkanes of at least 4 members (excludes halogenated alkanes) is 1. The Hall–Kier alpha value is -1.46. The van der Waals surface area contributed by atoms with E-state index in [2.05, 4.69) is 6.92 Å². The highest BCUT2D eigenvalue weighted by Crippen LogP contribution is 2.21. The number of fused-ring (bicyclic) bond motifs is 1. The Balaban J connectivity index is 0.000000437. The fourth-order valence-corrected chi connectivity index (χ4v) is 1.36. The lowest BCUT2D eigenvalue weighted by molar-refractivity contribution is 0.309. The standard InChI is InChI=1S/C12H14O2.BH2O2/c1-2-3-7-13-11-5-4-10-6-8-14-12(10)9-11;2-1-3/h4-6,8-9H,2-3,7H2,1H3;2-3H. The Morgan fingerprint density at radius 2 is 2.06 bits per heavy atom. The van der Waals surface area contributed by atoms with Crippen LogP contribution in [-0.4, -0.2) is 24.3 Å². The van der Waals surface area contributed by atoms with E-state index in [0.29, 0.717) is 0 Å². The van der Waals surface area contributed by atoms with Gasteiger partial charge < -0.3 is 19.2 Å². The van der Waals surface area contributed by atoms with Gasteiger partial charge in [-0.1, -0.05) is 13.3 Å². The van der Waals surface area contributed by atoms with Crippen LogP contribution in [0.1, 0.15) is 19.8 Å². The van der Waals surface area contributed by atoms with Crippen LogP contribution in [0.5, 0.6) is 5.75 Å². The molecule has 17 heavy (non-hydrogen) atoms. The molecule has 0 aliphatic rings. The van der Waals surface area contributed by atoms with E-state index in [9.17, 15) is 0 Å². The maximum Gasteiger partial charge on any atom is 0.482 e. The molecule has 4 nitrogen and oxygen atoms in total. The van der Waals surface area contributed by atoms with Gasteiger partial charge in [0.2, 0.25) is 0 Å². The van der Waals surface area contributed by atoms with Crippen LogP contribution in [0, 0.1) is 0 Å². The first-order valence-corrected chi connectivity index (χ1v) is 5.52. The quantitative estimate of drug-likeness (QED) is 0.629. The molecule has 0 aliphatic heterocycles. The van der Waals surface area contributed by atoms with Crippen LogP contribution in [0.15, 0.2) is 34.9 Å². The van der Waals surface area contributed by atoms with Crippen molar-refractivity contribution in [3.8, 4) is 5.75 Å². The van der Waals surface area contributed by atoms with Crippen LogP contribution in [0.4, 0.5) is 0 Å². The first-order valence-electron chi connectivity index (χ1n) is 5.52. The van der Waals surface area contributed by atoms with Crippen molar-refractivity contribution in [2.24, 2.45) is 0 Å². The molecule has 2 rings (SSSR count). The van der Waals surface area contributed by atoms with Gasteiger partial charge in [-0.25, -0.2) is 0 Å². The molecule has 2 N–H and O–H groups in total. The molecule has 0 unspecified atom stereocenters. The number of rotatable bonds is 4. The number of furan rings is 1. The summed E-state index contributed by atoms with van der Waals surface area (Å²) in [6, 6.07) is 7.88. The summed E-state index contributed by atoms with van der Waals surface area (Å²) in [5.41, 5.74) is 0.888. The van der Waals surface area contributed by atoms with Gasteiger partial charge in [0, 0.05) is 11.5 Å². The maximum atomic E-state index is 7.00. The largest absolute Gasteiger partial charge is 0.493 e. The monoisotopic (exact) mass is 235 g/mol. The Morgan fingerprint density at radius 1 is 1.29 bits per heavy atom. The van der Waals surface area contributed by atoms with Crippen molar-refractivity contribution in [3.05, 3.63) is 30.5 Å². The van der Waals surface area contributed by atoms with Crippen molar-refractivity contribution in [2.75, 3.05) is 6.61 Å². The van der Waals surface area contributed by atoms with Gasteiger partial charge in [0.25, 0.3) is 0 Å². The van der Waals surface area contributed by atoms with Crippen molar-refractivity contribution < 1.29 is 19.2 Å². The molecule has 0 saturated carbocycles. The highest BCUT2D eigenvalue weighted by atomic mass is 16.5. The SMILES string of the molecule is CCCCOc1ccc2ccoc2c1.O[B]O. The lowest BCUT2D eigenvalue weighted by Crippen LogP contribution is -1.95. The minimum Gasteiger partial charge on any atom is -0.493 e. The van der Waals surface area contributed by atoms with Crippen LogP contribution >= 0.6 is 0 Å². The van der Waals surface area contributed by atoms with Crippen LogP contribution < -0.4 is 4.74 Å². The molecular weight excluding hydrogens is 219 g/mol. The molecule has 2 aromatic rings. The van der Waals surface area contributed by atoms with Gasteiger partial charge in [-0.2, -0.15) is 0 Å². The van der Waals surface area contributed by atoms with Gasteiger partial charge in [-0.3, -0.25) is 0 Å². The Bertz CT molecular complexity index is 427. The molecule has 1 aromatic heterocycles. The molecule has 1 radical (unpaired) electrons. The van der Waals surface area contributed by atoms with Crippen molar-refractivity contribution in [1.29, 1.82) is 0 Å². The number of hydrogen-bond donors (Lipinski definition) is 2. The number of benzene rings is 1. The summed E-state index contributed by atoms with van der Waals surface area (Å²) in [4.78, 5) is 0. The lowest BCUT2D eigenvalue weighted by Gasteiger charge is -2.04.